The lowest BCUT2D eigenvalue weighted by atomic mass is 10.0. The number of sulfonamides is 1. The van der Waals surface area contributed by atoms with Crippen LogP contribution >= 0.6 is 11.6 Å². The third-order valence-electron chi connectivity index (χ3n) is 6.86. The van der Waals surface area contributed by atoms with E-state index in [-0.39, 0.29) is 16.1 Å². The van der Waals surface area contributed by atoms with Crippen LogP contribution in [-0.2, 0) is 10.0 Å². The molecule has 1 aromatic heterocycles. The lowest BCUT2D eigenvalue weighted by molar-refractivity contribution is 0.0699. The van der Waals surface area contributed by atoms with E-state index in [2.05, 4.69) is 35.3 Å². The number of fused-ring (bicyclic) bond motifs is 1. The lowest BCUT2D eigenvalue weighted by Crippen LogP contribution is -2.50. The Bertz CT molecular complexity index is 1420. The number of nitrogens with zero attached hydrogens (tertiary/aromatic N) is 3. The molecule has 3 aromatic rings. The number of anilines is 2. The van der Waals surface area contributed by atoms with Crippen molar-refractivity contribution >= 4 is 50.0 Å². The number of nitrogens with one attached hydrogen (secondary N) is 1. The van der Waals surface area contributed by atoms with Gasteiger partial charge in [0.25, 0.3) is 10.0 Å². The van der Waals surface area contributed by atoms with Crippen molar-refractivity contribution in [3.05, 3.63) is 58.6 Å². The number of carbonyl (C=O) groups is 1. The zero-order chi connectivity index (χ0) is 26.9. The fraction of sp³-hybridized carbons (Fsp3) is 0.407. The third kappa shape index (κ3) is 6.00. The van der Waals surface area contributed by atoms with Crippen molar-refractivity contribution < 1.29 is 18.3 Å². The van der Waals surface area contributed by atoms with E-state index in [9.17, 15) is 18.3 Å². The summed E-state index contributed by atoms with van der Waals surface area (Å²) in [6.45, 7) is 11.6. The summed E-state index contributed by atoms with van der Waals surface area (Å²) in [7, 11) is -3.93. The first-order chi connectivity index (χ1) is 17.5. The molecule has 0 amide bonds. The maximum Gasteiger partial charge on any atom is 0.336 e. The minimum atomic E-state index is -3.93. The van der Waals surface area contributed by atoms with Crippen molar-refractivity contribution in [1.82, 2.24) is 9.88 Å². The highest BCUT2D eigenvalue weighted by Crippen LogP contribution is 2.29. The van der Waals surface area contributed by atoms with Crippen molar-refractivity contribution in [3.63, 3.8) is 0 Å². The number of rotatable bonds is 8. The Morgan fingerprint density at radius 1 is 1.11 bits per heavy atom. The van der Waals surface area contributed by atoms with Gasteiger partial charge in [0.15, 0.2) is 0 Å². The number of halogens is 1. The SMILES string of the molecule is Cc1c(Cl)cccc1S(=O)(=O)Nc1ccc2nc(N3CCN([C@@H](C)CC(C)C)CC3)cc(C(=O)O)c2c1. The average Bonchev–Trinajstić information content (AvgIpc) is 2.84. The number of hydrogen-bond donors (Lipinski definition) is 2. The molecule has 0 saturated carbocycles. The van der Waals surface area contributed by atoms with Crippen LogP contribution in [0.15, 0.2) is 47.4 Å². The minimum Gasteiger partial charge on any atom is -0.478 e. The van der Waals surface area contributed by atoms with E-state index in [0.29, 0.717) is 39.3 Å². The summed E-state index contributed by atoms with van der Waals surface area (Å²) in [5, 5.41) is 10.7. The van der Waals surface area contributed by atoms with Crippen LogP contribution in [0.2, 0.25) is 5.02 Å². The van der Waals surface area contributed by atoms with E-state index in [1.54, 1.807) is 37.3 Å². The molecule has 0 bridgehead atoms. The summed E-state index contributed by atoms with van der Waals surface area (Å²) in [5.41, 5.74) is 1.26. The van der Waals surface area contributed by atoms with Crippen molar-refractivity contribution in [1.29, 1.82) is 0 Å². The summed E-state index contributed by atoms with van der Waals surface area (Å²) in [4.78, 5) is 21.6. The molecule has 37 heavy (non-hydrogen) atoms. The quantitative estimate of drug-likeness (QED) is 0.399. The molecule has 2 N–H and O–H groups in total. The number of aromatic carboxylic acids is 1. The van der Waals surface area contributed by atoms with Gasteiger partial charge in [-0.1, -0.05) is 31.5 Å². The Hall–Kier alpha value is -2.88. The van der Waals surface area contributed by atoms with Crippen LogP contribution in [0.1, 0.15) is 43.1 Å². The number of pyridine rings is 1. The number of piperazine rings is 1. The molecule has 0 unspecified atom stereocenters. The number of hydrogen-bond acceptors (Lipinski definition) is 6. The average molecular weight is 545 g/mol. The van der Waals surface area contributed by atoms with Gasteiger partial charge in [0, 0.05) is 48.3 Å². The Kier molecular flexibility index (Phi) is 7.96. The van der Waals surface area contributed by atoms with E-state index in [1.807, 2.05) is 0 Å². The summed E-state index contributed by atoms with van der Waals surface area (Å²) in [6.07, 6.45) is 1.14. The van der Waals surface area contributed by atoms with Gasteiger partial charge in [0.1, 0.15) is 5.82 Å². The van der Waals surface area contributed by atoms with Crippen molar-refractivity contribution in [2.24, 2.45) is 5.92 Å². The van der Waals surface area contributed by atoms with Crippen LogP contribution in [0.25, 0.3) is 10.9 Å². The number of benzene rings is 2. The summed E-state index contributed by atoms with van der Waals surface area (Å²) < 4.78 is 28.6. The van der Waals surface area contributed by atoms with E-state index >= 15 is 0 Å². The normalized spacial score (nSPS) is 15.8. The van der Waals surface area contributed by atoms with Crippen molar-refractivity contribution in [2.45, 2.75) is 45.1 Å². The van der Waals surface area contributed by atoms with E-state index < -0.39 is 16.0 Å². The Balaban J connectivity index is 1.60. The molecule has 0 spiro atoms. The van der Waals surface area contributed by atoms with Crippen LogP contribution in [-0.4, -0.2) is 61.6 Å². The van der Waals surface area contributed by atoms with E-state index in [0.717, 1.165) is 32.6 Å². The molecule has 2 heterocycles. The molecule has 1 fully saturated rings. The molecule has 198 valence electrons. The minimum absolute atomic E-state index is 0.0638. The van der Waals surface area contributed by atoms with Crippen LogP contribution in [0.3, 0.4) is 0 Å². The lowest BCUT2D eigenvalue weighted by Gasteiger charge is -2.39. The van der Waals surface area contributed by atoms with Gasteiger partial charge in [0.2, 0.25) is 0 Å². The molecule has 10 heteroatoms. The fourth-order valence-electron chi connectivity index (χ4n) is 4.93. The fourth-order valence-corrected chi connectivity index (χ4v) is 6.47. The van der Waals surface area contributed by atoms with Gasteiger partial charge in [-0.25, -0.2) is 18.2 Å². The first-order valence-corrected chi connectivity index (χ1v) is 14.3. The summed E-state index contributed by atoms with van der Waals surface area (Å²) in [5.74, 6) is 0.157. The monoisotopic (exact) mass is 544 g/mol. The Labute approximate surface area is 223 Å². The maximum atomic E-state index is 13.0. The third-order valence-corrected chi connectivity index (χ3v) is 8.79. The van der Waals surface area contributed by atoms with Gasteiger partial charge in [0.05, 0.1) is 16.0 Å². The van der Waals surface area contributed by atoms with Crippen molar-refractivity contribution in [2.75, 3.05) is 35.8 Å². The number of carboxylic acid groups (broad SMARTS) is 1. The molecule has 4 rings (SSSR count). The van der Waals surface area contributed by atoms with Gasteiger partial charge in [-0.2, -0.15) is 0 Å². The second kappa shape index (κ2) is 10.8. The van der Waals surface area contributed by atoms with Gasteiger partial charge < -0.3 is 10.0 Å². The van der Waals surface area contributed by atoms with Gasteiger partial charge in [-0.3, -0.25) is 9.62 Å². The Morgan fingerprint density at radius 3 is 2.46 bits per heavy atom. The smallest absolute Gasteiger partial charge is 0.336 e. The second-order valence-corrected chi connectivity index (χ2v) is 12.1. The van der Waals surface area contributed by atoms with Crippen LogP contribution < -0.4 is 9.62 Å². The predicted octanol–water partition coefficient (Wildman–Crippen LogP) is 5.25. The molecular weight excluding hydrogens is 512 g/mol. The van der Waals surface area contributed by atoms with E-state index in [1.165, 1.54) is 12.1 Å². The van der Waals surface area contributed by atoms with Crippen LogP contribution in [0.4, 0.5) is 11.5 Å². The molecule has 1 aliphatic heterocycles. The van der Waals surface area contributed by atoms with Crippen LogP contribution in [0, 0.1) is 12.8 Å². The highest BCUT2D eigenvalue weighted by atomic mass is 35.5. The first-order valence-electron chi connectivity index (χ1n) is 12.4. The van der Waals surface area contributed by atoms with Crippen LogP contribution in [0.5, 0.6) is 0 Å². The van der Waals surface area contributed by atoms with Crippen molar-refractivity contribution in [3.8, 4) is 0 Å². The largest absolute Gasteiger partial charge is 0.478 e. The highest BCUT2D eigenvalue weighted by Gasteiger charge is 2.24. The predicted molar refractivity (Wildman–Crippen MR) is 148 cm³/mol. The zero-order valence-electron chi connectivity index (χ0n) is 21.5. The molecule has 1 aliphatic rings. The van der Waals surface area contributed by atoms with E-state index in [4.69, 9.17) is 16.6 Å². The summed E-state index contributed by atoms with van der Waals surface area (Å²) in [6, 6.07) is 11.5. The van der Waals surface area contributed by atoms with Gasteiger partial charge in [-0.15, -0.1) is 0 Å². The topological polar surface area (TPSA) is 103 Å². The molecule has 1 saturated heterocycles. The molecule has 1 atom stereocenters. The molecule has 8 nitrogen and oxygen atoms in total. The van der Waals surface area contributed by atoms with Gasteiger partial charge in [-0.05, 0) is 68.1 Å². The molecule has 0 aliphatic carbocycles. The number of aromatic nitrogens is 1. The second-order valence-electron chi connectivity index (χ2n) is 10.0. The first kappa shape index (κ1) is 27.2. The summed E-state index contributed by atoms with van der Waals surface area (Å²) >= 11 is 6.11. The maximum absolute atomic E-state index is 13.0. The molecule has 2 aromatic carbocycles. The zero-order valence-corrected chi connectivity index (χ0v) is 23.1. The Morgan fingerprint density at radius 2 is 1.81 bits per heavy atom. The van der Waals surface area contributed by atoms with Gasteiger partial charge >= 0.3 is 5.97 Å². The number of carboxylic acids is 1. The molecule has 0 radical (unpaired) electrons. The molecular formula is C27H33ClN4O4S. The highest BCUT2D eigenvalue weighted by molar-refractivity contribution is 7.92. The standard InChI is InChI=1S/C27H33ClN4O4S/c1-17(2)14-18(3)31-10-12-32(13-11-31)26-16-22(27(33)34)21-15-20(8-9-24(21)29-26)30-37(35,36)25-7-5-6-23(28)19(25)4/h5-9,15-18,30H,10-14H2,1-4H3,(H,33,34)/t18-/m0/s1.